The molecule has 0 fully saturated rings. The summed E-state index contributed by atoms with van der Waals surface area (Å²) in [4.78, 5) is 30.1. The van der Waals surface area contributed by atoms with Gasteiger partial charge < -0.3 is 10.2 Å². The van der Waals surface area contributed by atoms with Gasteiger partial charge in [-0.2, -0.15) is 0 Å². The Morgan fingerprint density at radius 2 is 2.00 bits per heavy atom. The predicted molar refractivity (Wildman–Crippen MR) is 105 cm³/mol. The normalized spacial score (nSPS) is 14.8. The number of fused-ring (bicyclic) bond motifs is 1. The molecule has 1 atom stereocenters. The molecule has 0 aliphatic carbocycles. The molecule has 3 rings (SSSR count). The van der Waals surface area contributed by atoms with E-state index in [4.69, 9.17) is 0 Å². The van der Waals surface area contributed by atoms with Crippen molar-refractivity contribution in [3.63, 3.8) is 0 Å². The van der Waals surface area contributed by atoms with Crippen LogP contribution < -0.4 is 5.32 Å². The molecular formula is C20H25N3O2S. The number of hydrogen-bond acceptors (Lipinski definition) is 4. The molecule has 26 heavy (non-hydrogen) atoms. The number of rotatable bonds is 5. The van der Waals surface area contributed by atoms with Gasteiger partial charge >= 0.3 is 0 Å². The first-order chi connectivity index (χ1) is 12.4. The van der Waals surface area contributed by atoms with Crippen LogP contribution in [0.3, 0.4) is 0 Å². The molecule has 1 aromatic heterocycles. The molecule has 1 aromatic carbocycles. The van der Waals surface area contributed by atoms with Crippen LogP contribution in [0.5, 0.6) is 0 Å². The Morgan fingerprint density at radius 3 is 2.73 bits per heavy atom. The second kappa shape index (κ2) is 8.01. The van der Waals surface area contributed by atoms with Crippen molar-refractivity contribution in [2.45, 2.75) is 32.9 Å². The van der Waals surface area contributed by atoms with Gasteiger partial charge in [0.25, 0.3) is 0 Å². The molecule has 0 bridgehead atoms. The third kappa shape index (κ3) is 4.31. The zero-order valence-corrected chi connectivity index (χ0v) is 16.3. The van der Waals surface area contributed by atoms with Crippen LogP contribution in [-0.4, -0.2) is 47.8 Å². The van der Waals surface area contributed by atoms with E-state index in [0.717, 1.165) is 24.2 Å². The summed E-state index contributed by atoms with van der Waals surface area (Å²) in [5.74, 6) is -0.0396. The molecule has 2 heterocycles. The highest BCUT2D eigenvalue weighted by Gasteiger charge is 2.28. The van der Waals surface area contributed by atoms with Crippen molar-refractivity contribution in [2.24, 2.45) is 0 Å². The summed E-state index contributed by atoms with van der Waals surface area (Å²) >= 11 is 1.76. The number of hydrogen-bond donors (Lipinski definition) is 1. The summed E-state index contributed by atoms with van der Waals surface area (Å²) in [6.07, 6.45) is 0.920. The third-order valence-corrected chi connectivity index (χ3v) is 5.89. The van der Waals surface area contributed by atoms with Crippen molar-refractivity contribution in [3.05, 3.63) is 51.7 Å². The Bertz CT molecular complexity index is 785. The first-order valence-corrected chi connectivity index (χ1v) is 9.73. The average Bonchev–Trinajstić information content (AvgIpc) is 3.10. The zero-order valence-electron chi connectivity index (χ0n) is 15.5. The van der Waals surface area contributed by atoms with E-state index in [1.54, 1.807) is 16.2 Å². The Labute approximate surface area is 158 Å². The number of carbonyl (C=O) groups excluding carboxylic acids is 2. The van der Waals surface area contributed by atoms with Crippen LogP contribution in [0.4, 0.5) is 5.69 Å². The van der Waals surface area contributed by atoms with Crippen LogP contribution in [0.2, 0.25) is 0 Å². The van der Waals surface area contributed by atoms with Crippen LogP contribution in [0.15, 0.2) is 35.7 Å². The quantitative estimate of drug-likeness (QED) is 0.879. The fourth-order valence-corrected chi connectivity index (χ4v) is 3.98. The van der Waals surface area contributed by atoms with Crippen molar-refractivity contribution in [2.75, 3.05) is 25.5 Å². The van der Waals surface area contributed by atoms with Gasteiger partial charge in [0.15, 0.2) is 0 Å². The lowest BCUT2D eigenvalue weighted by Crippen LogP contribution is -2.48. The predicted octanol–water partition coefficient (Wildman–Crippen LogP) is 2.90. The van der Waals surface area contributed by atoms with Gasteiger partial charge in [0.05, 0.1) is 12.6 Å². The molecule has 0 radical (unpaired) electrons. The van der Waals surface area contributed by atoms with Gasteiger partial charge in [-0.05, 0) is 56.5 Å². The molecule has 2 amide bonds. The summed E-state index contributed by atoms with van der Waals surface area (Å²) in [7, 11) is 1.82. The van der Waals surface area contributed by atoms with E-state index in [1.165, 1.54) is 10.4 Å². The fraction of sp³-hybridized carbons (Fsp3) is 0.400. The zero-order chi connectivity index (χ0) is 18.7. The second-order valence-electron chi connectivity index (χ2n) is 6.88. The minimum absolute atomic E-state index is 0.0764. The molecule has 138 valence electrons. The van der Waals surface area contributed by atoms with Crippen molar-refractivity contribution in [1.29, 1.82) is 0 Å². The number of nitrogens with zero attached hydrogens (tertiary/aromatic N) is 2. The van der Waals surface area contributed by atoms with Gasteiger partial charge in [0.2, 0.25) is 11.8 Å². The lowest BCUT2D eigenvalue weighted by atomic mass is 10.1. The second-order valence-corrected chi connectivity index (χ2v) is 7.88. The van der Waals surface area contributed by atoms with E-state index < -0.39 is 0 Å². The fourth-order valence-electron chi connectivity index (χ4n) is 3.09. The van der Waals surface area contributed by atoms with Gasteiger partial charge in [0.1, 0.15) is 0 Å². The minimum Gasteiger partial charge on any atom is -0.337 e. The minimum atomic E-state index is -0.334. The summed E-state index contributed by atoms with van der Waals surface area (Å²) in [6.45, 7) is 5.47. The summed E-state index contributed by atoms with van der Waals surface area (Å²) in [5.41, 5.74) is 3.17. The van der Waals surface area contributed by atoms with Gasteiger partial charge in [-0.3, -0.25) is 14.5 Å². The molecule has 0 saturated heterocycles. The lowest BCUT2D eigenvalue weighted by Gasteiger charge is -2.32. The number of nitrogens with one attached hydrogen (secondary N) is 1. The molecule has 5 nitrogen and oxygen atoms in total. The van der Waals surface area contributed by atoms with Crippen molar-refractivity contribution < 1.29 is 9.59 Å². The largest absolute Gasteiger partial charge is 0.337 e. The molecule has 0 saturated carbocycles. The van der Waals surface area contributed by atoms with Gasteiger partial charge in [-0.15, -0.1) is 11.3 Å². The van der Waals surface area contributed by atoms with Gasteiger partial charge in [0, 0.05) is 23.7 Å². The van der Waals surface area contributed by atoms with Crippen molar-refractivity contribution >= 4 is 28.8 Å². The highest BCUT2D eigenvalue weighted by atomic mass is 32.1. The monoisotopic (exact) mass is 371 g/mol. The third-order valence-electron chi connectivity index (χ3n) is 4.87. The van der Waals surface area contributed by atoms with Gasteiger partial charge in [-0.25, -0.2) is 0 Å². The van der Waals surface area contributed by atoms with E-state index in [2.05, 4.69) is 16.8 Å². The molecule has 2 aromatic rings. The molecule has 1 aliphatic rings. The van der Waals surface area contributed by atoms with E-state index in [0.29, 0.717) is 6.54 Å². The highest BCUT2D eigenvalue weighted by molar-refractivity contribution is 7.10. The van der Waals surface area contributed by atoms with E-state index in [9.17, 15) is 9.59 Å². The van der Waals surface area contributed by atoms with Crippen molar-refractivity contribution in [3.8, 4) is 0 Å². The summed E-state index contributed by atoms with van der Waals surface area (Å²) < 4.78 is 0. The molecular weight excluding hydrogens is 346 g/mol. The average molecular weight is 372 g/mol. The Kier molecular flexibility index (Phi) is 5.74. The molecule has 1 aliphatic heterocycles. The van der Waals surface area contributed by atoms with Crippen LogP contribution in [0.1, 0.15) is 22.9 Å². The summed E-state index contributed by atoms with van der Waals surface area (Å²) in [6, 6.07) is 9.45. The lowest BCUT2D eigenvalue weighted by molar-refractivity contribution is -0.137. The Hall–Kier alpha value is -2.18. The number of likely N-dealkylation sites (N-methyl/N-ethyl adjacent to an activating group) is 1. The van der Waals surface area contributed by atoms with Crippen LogP contribution >= 0.6 is 11.3 Å². The molecule has 6 heteroatoms. The number of aryl methyl sites for hydroxylation is 1. The Balaban J connectivity index is 1.53. The first-order valence-electron chi connectivity index (χ1n) is 8.85. The Morgan fingerprint density at radius 1 is 1.27 bits per heavy atom. The molecule has 0 spiro atoms. The number of benzene rings is 1. The van der Waals surface area contributed by atoms with E-state index >= 15 is 0 Å². The van der Waals surface area contributed by atoms with Gasteiger partial charge in [-0.1, -0.05) is 17.7 Å². The summed E-state index contributed by atoms with van der Waals surface area (Å²) in [5, 5.41) is 4.97. The molecule has 1 unspecified atom stereocenters. The number of anilines is 1. The first kappa shape index (κ1) is 18.6. The maximum atomic E-state index is 12.8. The van der Waals surface area contributed by atoms with E-state index in [-0.39, 0.29) is 24.4 Å². The number of carbonyl (C=O) groups is 2. The molecule has 1 N–H and O–H groups in total. The SMILES string of the molecule is Cc1ccc(NC(=O)CN(C)C(C)C(=O)N2CCc3sccc3C2)cc1. The van der Waals surface area contributed by atoms with Crippen LogP contribution in [0, 0.1) is 6.92 Å². The maximum absolute atomic E-state index is 12.8. The standard InChI is InChI=1S/C20H25N3O2S/c1-14-4-6-17(7-5-14)21-19(24)13-22(3)15(2)20(25)23-10-8-18-16(12-23)9-11-26-18/h4-7,9,11,15H,8,10,12-13H2,1-3H3,(H,21,24). The smallest absolute Gasteiger partial charge is 0.239 e. The van der Waals surface area contributed by atoms with E-state index in [1.807, 2.05) is 50.1 Å². The number of amides is 2. The number of thiophene rings is 1. The maximum Gasteiger partial charge on any atom is 0.239 e. The topological polar surface area (TPSA) is 52.7 Å². The van der Waals surface area contributed by atoms with Crippen molar-refractivity contribution in [1.82, 2.24) is 9.80 Å². The van der Waals surface area contributed by atoms with Crippen LogP contribution in [0.25, 0.3) is 0 Å². The van der Waals surface area contributed by atoms with Crippen LogP contribution in [-0.2, 0) is 22.6 Å². The highest BCUT2D eigenvalue weighted by Crippen LogP contribution is 2.24.